The highest BCUT2D eigenvalue weighted by Gasteiger charge is 2.11. The van der Waals surface area contributed by atoms with Crippen LogP contribution in [0.25, 0.3) is 0 Å². The quantitative estimate of drug-likeness (QED) is 0.911. The largest absolute Gasteiger partial charge is 0.352 e. The zero-order valence-electron chi connectivity index (χ0n) is 11.6. The summed E-state index contributed by atoms with van der Waals surface area (Å²) in [5, 5.41) is 7.11. The zero-order chi connectivity index (χ0) is 14.5. The molecule has 1 aromatic carbocycles. The molecule has 0 fully saturated rings. The van der Waals surface area contributed by atoms with Crippen molar-refractivity contribution >= 4 is 5.91 Å². The first-order valence-electron chi connectivity index (χ1n) is 6.57. The molecule has 0 saturated heterocycles. The highest BCUT2D eigenvalue weighted by Crippen LogP contribution is 2.10. The fourth-order valence-corrected chi connectivity index (χ4v) is 1.92. The van der Waals surface area contributed by atoms with E-state index in [1.54, 1.807) is 16.8 Å². The van der Waals surface area contributed by atoms with Crippen molar-refractivity contribution in [2.45, 2.75) is 32.9 Å². The number of carbonyl (C=O) groups is 1. The second kappa shape index (κ2) is 6.32. The topological polar surface area (TPSA) is 46.9 Å². The molecule has 0 radical (unpaired) electrons. The molecule has 1 unspecified atom stereocenters. The van der Waals surface area contributed by atoms with Crippen LogP contribution < -0.4 is 5.32 Å². The summed E-state index contributed by atoms with van der Waals surface area (Å²) in [5.41, 5.74) is 1.81. The predicted octanol–water partition coefficient (Wildman–Crippen LogP) is 2.60. The third-order valence-corrected chi connectivity index (χ3v) is 3.08. The maximum atomic E-state index is 12.8. The SMILES string of the molecule is Cc1ccn(C(C)CC(=O)NCc2ccc(F)cc2)n1. The molecule has 2 rings (SSSR count). The van der Waals surface area contributed by atoms with Gasteiger partial charge in [-0.1, -0.05) is 12.1 Å². The normalized spacial score (nSPS) is 12.2. The summed E-state index contributed by atoms with van der Waals surface area (Å²) in [7, 11) is 0. The van der Waals surface area contributed by atoms with Gasteiger partial charge >= 0.3 is 0 Å². The molecule has 1 amide bonds. The third kappa shape index (κ3) is 3.91. The number of carbonyl (C=O) groups excluding carboxylic acids is 1. The number of benzene rings is 1. The number of amides is 1. The summed E-state index contributed by atoms with van der Waals surface area (Å²) in [6.45, 7) is 4.27. The Morgan fingerprint density at radius 2 is 2.05 bits per heavy atom. The Kier molecular flexibility index (Phi) is 4.50. The Labute approximate surface area is 117 Å². The molecule has 2 aromatic rings. The van der Waals surface area contributed by atoms with E-state index in [0.717, 1.165) is 11.3 Å². The van der Waals surface area contributed by atoms with Crippen molar-refractivity contribution in [3.63, 3.8) is 0 Å². The number of rotatable bonds is 5. The average molecular weight is 275 g/mol. The molecular formula is C15H18FN3O. The van der Waals surface area contributed by atoms with Crippen molar-refractivity contribution in [3.8, 4) is 0 Å². The first-order chi connectivity index (χ1) is 9.54. The number of halogens is 1. The standard InChI is InChI=1S/C15H18FN3O/c1-11-7-8-19(18-11)12(2)9-15(20)17-10-13-3-5-14(16)6-4-13/h3-8,12H,9-10H2,1-2H3,(H,17,20). The molecule has 1 atom stereocenters. The van der Waals surface area contributed by atoms with Crippen molar-refractivity contribution < 1.29 is 9.18 Å². The van der Waals surface area contributed by atoms with Crippen LogP contribution >= 0.6 is 0 Å². The van der Waals surface area contributed by atoms with Gasteiger partial charge in [0.2, 0.25) is 5.91 Å². The van der Waals surface area contributed by atoms with Crippen molar-refractivity contribution in [3.05, 3.63) is 53.6 Å². The van der Waals surface area contributed by atoms with Crippen LogP contribution in [0, 0.1) is 12.7 Å². The summed E-state index contributed by atoms with van der Waals surface area (Å²) < 4.78 is 14.5. The van der Waals surface area contributed by atoms with Gasteiger partial charge in [0.05, 0.1) is 11.7 Å². The van der Waals surface area contributed by atoms with Crippen molar-refractivity contribution in [2.24, 2.45) is 0 Å². The smallest absolute Gasteiger partial charge is 0.222 e. The molecule has 1 aromatic heterocycles. The summed E-state index contributed by atoms with van der Waals surface area (Å²) >= 11 is 0. The molecule has 1 heterocycles. The van der Waals surface area contributed by atoms with Crippen LogP contribution in [0.5, 0.6) is 0 Å². The molecule has 4 nitrogen and oxygen atoms in total. The van der Waals surface area contributed by atoms with E-state index in [9.17, 15) is 9.18 Å². The molecule has 5 heteroatoms. The van der Waals surface area contributed by atoms with Crippen LogP contribution in [0.15, 0.2) is 36.5 Å². The minimum Gasteiger partial charge on any atom is -0.352 e. The number of aryl methyl sites for hydroxylation is 1. The second-order valence-electron chi connectivity index (χ2n) is 4.89. The van der Waals surface area contributed by atoms with Crippen LogP contribution in [0.2, 0.25) is 0 Å². The Bertz CT molecular complexity index is 577. The molecule has 0 aliphatic rings. The fraction of sp³-hybridized carbons (Fsp3) is 0.333. The van der Waals surface area contributed by atoms with Gasteiger partial charge in [0.1, 0.15) is 5.82 Å². The lowest BCUT2D eigenvalue weighted by Gasteiger charge is -2.12. The molecular weight excluding hydrogens is 257 g/mol. The summed E-state index contributed by atoms with van der Waals surface area (Å²) in [5.74, 6) is -0.322. The van der Waals surface area contributed by atoms with Crippen LogP contribution in [0.4, 0.5) is 4.39 Å². The first-order valence-corrected chi connectivity index (χ1v) is 6.57. The maximum Gasteiger partial charge on any atom is 0.222 e. The van der Waals surface area contributed by atoms with E-state index in [1.807, 2.05) is 26.1 Å². The van der Waals surface area contributed by atoms with Gasteiger partial charge < -0.3 is 5.32 Å². The molecule has 0 spiro atoms. The molecule has 0 aliphatic heterocycles. The van der Waals surface area contributed by atoms with Crippen LogP contribution in [-0.2, 0) is 11.3 Å². The Morgan fingerprint density at radius 1 is 1.35 bits per heavy atom. The Balaban J connectivity index is 1.82. The van der Waals surface area contributed by atoms with Crippen molar-refractivity contribution in [2.75, 3.05) is 0 Å². The number of aromatic nitrogens is 2. The monoisotopic (exact) mass is 275 g/mol. The van der Waals surface area contributed by atoms with Gasteiger partial charge in [-0.25, -0.2) is 4.39 Å². The van der Waals surface area contributed by atoms with E-state index in [1.165, 1.54) is 12.1 Å². The lowest BCUT2D eigenvalue weighted by Crippen LogP contribution is -2.25. The minimum atomic E-state index is -0.275. The lowest BCUT2D eigenvalue weighted by molar-refractivity contribution is -0.122. The van der Waals surface area contributed by atoms with E-state index in [-0.39, 0.29) is 17.8 Å². The van der Waals surface area contributed by atoms with E-state index in [0.29, 0.717) is 13.0 Å². The second-order valence-corrected chi connectivity index (χ2v) is 4.89. The van der Waals surface area contributed by atoms with Crippen molar-refractivity contribution in [1.29, 1.82) is 0 Å². The highest BCUT2D eigenvalue weighted by atomic mass is 19.1. The number of hydrogen-bond donors (Lipinski definition) is 1. The summed E-state index contributed by atoms with van der Waals surface area (Å²) in [6.07, 6.45) is 2.23. The van der Waals surface area contributed by atoms with E-state index in [4.69, 9.17) is 0 Å². The van der Waals surface area contributed by atoms with E-state index < -0.39 is 0 Å². The van der Waals surface area contributed by atoms with Gasteiger partial charge in [0, 0.05) is 19.2 Å². The molecule has 106 valence electrons. The van der Waals surface area contributed by atoms with Gasteiger partial charge in [0.15, 0.2) is 0 Å². The average Bonchev–Trinajstić information content (AvgIpc) is 2.85. The maximum absolute atomic E-state index is 12.8. The van der Waals surface area contributed by atoms with Crippen LogP contribution in [-0.4, -0.2) is 15.7 Å². The zero-order valence-corrected chi connectivity index (χ0v) is 11.6. The number of hydrogen-bond acceptors (Lipinski definition) is 2. The lowest BCUT2D eigenvalue weighted by atomic mass is 10.2. The van der Waals surface area contributed by atoms with Crippen molar-refractivity contribution in [1.82, 2.24) is 15.1 Å². The molecule has 0 bridgehead atoms. The van der Waals surface area contributed by atoms with Gasteiger partial charge in [-0.3, -0.25) is 9.48 Å². The third-order valence-electron chi connectivity index (χ3n) is 3.08. The molecule has 20 heavy (non-hydrogen) atoms. The Hall–Kier alpha value is -2.17. The van der Waals surface area contributed by atoms with Crippen LogP contribution in [0.1, 0.15) is 30.6 Å². The van der Waals surface area contributed by atoms with Gasteiger partial charge in [0.25, 0.3) is 0 Å². The number of nitrogens with one attached hydrogen (secondary N) is 1. The van der Waals surface area contributed by atoms with E-state index >= 15 is 0 Å². The number of nitrogens with zero attached hydrogens (tertiary/aromatic N) is 2. The van der Waals surface area contributed by atoms with E-state index in [2.05, 4.69) is 10.4 Å². The molecule has 1 N–H and O–H groups in total. The highest BCUT2D eigenvalue weighted by molar-refractivity contribution is 5.76. The van der Waals surface area contributed by atoms with Gasteiger partial charge in [-0.05, 0) is 37.6 Å². The minimum absolute atomic E-state index is 0.0110. The Morgan fingerprint density at radius 3 is 2.65 bits per heavy atom. The van der Waals surface area contributed by atoms with Gasteiger partial charge in [-0.2, -0.15) is 5.10 Å². The fourth-order valence-electron chi connectivity index (χ4n) is 1.92. The summed E-state index contributed by atoms with van der Waals surface area (Å²) in [4.78, 5) is 11.8. The first kappa shape index (κ1) is 14.2. The predicted molar refractivity (Wildman–Crippen MR) is 74.5 cm³/mol. The van der Waals surface area contributed by atoms with Gasteiger partial charge in [-0.15, -0.1) is 0 Å². The van der Waals surface area contributed by atoms with Crippen LogP contribution in [0.3, 0.4) is 0 Å². The summed E-state index contributed by atoms with van der Waals surface area (Å²) in [6, 6.07) is 8.02. The molecule has 0 aliphatic carbocycles. The molecule has 0 saturated carbocycles.